The van der Waals surface area contributed by atoms with E-state index in [4.69, 9.17) is 5.11 Å². The zero-order valence-corrected chi connectivity index (χ0v) is 11.3. The molecule has 104 valence electrons. The van der Waals surface area contributed by atoms with Crippen molar-refractivity contribution in [1.82, 2.24) is 5.32 Å². The number of carbonyl (C=O) groups excluding carboxylic acids is 1. The van der Waals surface area contributed by atoms with Crippen LogP contribution in [0, 0.1) is 11.8 Å². The van der Waals surface area contributed by atoms with Crippen LogP contribution in [0.2, 0.25) is 0 Å². The van der Waals surface area contributed by atoms with Crippen molar-refractivity contribution in [3.05, 3.63) is 0 Å². The molecule has 0 unspecified atom stereocenters. The number of rotatable bonds is 7. The van der Waals surface area contributed by atoms with Gasteiger partial charge in [-0.2, -0.15) is 0 Å². The summed E-state index contributed by atoms with van der Waals surface area (Å²) in [6, 6.07) is 0. The van der Waals surface area contributed by atoms with E-state index >= 15 is 0 Å². The number of carboxylic acids is 1. The Bertz CT molecular complexity index is 270. The summed E-state index contributed by atoms with van der Waals surface area (Å²) in [5, 5.41) is 11.4. The Morgan fingerprint density at radius 2 is 1.83 bits per heavy atom. The van der Waals surface area contributed by atoms with E-state index in [9.17, 15) is 9.59 Å². The molecule has 1 rings (SSSR count). The van der Waals surface area contributed by atoms with Crippen molar-refractivity contribution in [2.75, 3.05) is 6.54 Å². The molecule has 4 heteroatoms. The molecule has 0 spiro atoms. The quantitative estimate of drug-likeness (QED) is 0.687. The molecule has 0 radical (unpaired) electrons. The van der Waals surface area contributed by atoms with Gasteiger partial charge in [0.25, 0.3) is 0 Å². The molecule has 0 saturated heterocycles. The molecule has 1 aliphatic carbocycles. The third-order valence-electron chi connectivity index (χ3n) is 3.91. The molecule has 2 N–H and O–H groups in total. The highest BCUT2D eigenvalue weighted by Gasteiger charge is 2.24. The summed E-state index contributed by atoms with van der Waals surface area (Å²) in [6.07, 6.45) is 7.18. The van der Waals surface area contributed by atoms with Gasteiger partial charge in [-0.25, -0.2) is 0 Å². The minimum Gasteiger partial charge on any atom is -0.481 e. The lowest BCUT2D eigenvalue weighted by Gasteiger charge is -2.26. The van der Waals surface area contributed by atoms with Gasteiger partial charge < -0.3 is 10.4 Å². The molecular weight excluding hydrogens is 230 g/mol. The number of hydrogen-bond acceptors (Lipinski definition) is 2. The van der Waals surface area contributed by atoms with E-state index < -0.39 is 5.97 Å². The summed E-state index contributed by atoms with van der Waals surface area (Å²) >= 11 is 0. The standard InChI is InChI=1S/C14H25NO3/c1-2-11-6-8-12(9-7-11)14(18)15-10-4-3-5-13(16)17/h11-12H,2-10H2,1H3,(H,15,18)(H,16,17). The van der Waals surface area contributed by atoms with Gasteiger partial charge in [-0.1, -0.05) is 13.3 Å². The maximum Gasteiger partial charge on any atom is 0.303 e. The second-order valence-corrected chi connectivity index (χ2v) is 5.27. The summed E-state index contributed by atoms with van der Waals surface area (Å²) < 4.78 is 0. The first-order chi connectivity index (χ1) is 8.63. The fraction of sp³-hybridized carbons (Fsp3) is 0.857. The maximum absolute atomic E-state index is 11.9. The molecule has 18 heavy (non-hydrogen) atoms. The fourth-order valence-corrected chi connectivity index (χ4v) is 2.59. The van der Waals surface area contributed by atoms with Crippen LogP contribution in [0.3, 0.4) is 0 Å². The number of aliphatic carboxylic acids is 1. The Kier molecular flexibility index (Phi) is 6.76. The Morgan fingerprint density at radius 1 is 1.17 bits per heavy atom. The van der Waals surface area contributed by atoms with Crippen LogP contribution in [0.25, 0.3) is 0 Å². The van der Waals surface area contributed by atoms with E-state index in [1.54, 1.807) is 0 Å². The normalized spacial score (nSPS) is 23.6. The minimum absolute atomic E-state index is 0.167. The fourth-order valence-electron chi connectivity index (χ4n) is 2.59. The Hall–Kier alpha value is -1.06. The summed E-state index contributed by atoms with van der Waals surface area (Å²) in [4.78, 5) is 22.2. The number of carboxylic acid groups (broad SMARTS) is 1. The minimum atomic E-state index is -0.765. The van der Waals surface area contributed by atoms with Gasteiger partial charge in [0.15, 0.2) is 0 Å². The molecule has 0 heterocycles. The van der Waals surface area contributed by atoms with Crippen LogP contribution in [0.4, 0.5) is 0 Å². The number of hydrogen-bond donors (Lipinski definition) is 2. The third-order valence-corrected chi connectivity index (χ3v) is 3.91. The molecule has 0 aromatic carbocycles. The van der Waals surface area contributed by atoms with Crippen LogP contribution in [0.15, 0.2) is 0 Å². The van der Waals surface area contributed by atoms with Crippen LogP contribution >= 0.6 is 0 Å². The molecule has 0 aliphatic heterocycles. The predicted molar refractivity (Wildman–Crippen MR) is 70.2 cm³/mol. The number of carbonyl (C=O) groups is 2. The van der Waals surface area contributed by atoms with Crippen molar-refractivity contribution >= 4 is 11.9 Å². The summed E-state index contributed by atoms with van der Waals surface area (Å²) in [5.41, 5.74) is 0. The molecule has 0 atom stereocenters. The van der Waals surface area contributed by atoms with Crippen LogP contribution in [0.1, 0.15) is 58.3 Å². The second kappa shape index (κ2) is 8.11. The lowest BCUT2D eigenvalue weighted by molar-refractivity contribution is -0.137. The van der Waals surface area contributed by atoms with Gasteiger partial charge in [0, 0.05) is 18.9 Å². The largest absolute Gasteiger partial charge is 0.481 e. The van der Waals surface area contributed by atoms with Gasteiger partial charge in [-0.15, -0.1) is 0 Å². The summed E-state index contributed by atoms with van der Waals surface area (Å²) in [6.45, 7) is 2.83. The van der Waals surface area contributed by atoms with E-state index in [0.29, 0.717) is 13.0 Å². The zero-order valence-electron chi connectivity index (χ0n) is 11.3. The Morgan fingerprint density at radius 3 is 2.39 bits per heavy atom. The molecule has 1 fully saturated rings. The molecule has 0 aromatic heterocycles. The van der Waals surface area contributed by atoms with E-state index in [1.807, 2.05) is 0 Å². The van der Waals surface area contributed by atoms with Crippen molar-refractivity contribution in [1.29, 1.82) is 0 Å². The monoisotopic (exact) mass is 255 g/mol. The summed E-state index contributed by atoms with van der Waals surface area (Å²) in [5.74, 6) is 0.399. The van der Waals surface area contributed by atoms with Crippen LogP contribution < -0.4 is 5.32 Å². The molecule has 4 nitrogen and oxygen atoms in total. The first kappa shape index (κ1) is 15.0. The topological polar surface area (TPSA) is 66.4 Å². The first-order valence-corrected chi connectivity index (χ1v) is 7.13. The van der Waals surface area contributed by atoms with Crippen LogP contribution in [-0.4, -0.2) is 23.5 Å². The molecule has 1 saturated carbocycles. The third kappa shape index (κ3) is 5.52. The second-order valence-electron chi connectivity index (χ2n) is 5.27. The highest BCUT2D eigenvalue weighted by atomic mass is 16.4. The van der Waals surface area contributed by atoms with Gasteiger partial charge in [-0.05, 0) is 44.4 Å². The Balaban J connectivity index is 2.08. The van der Waals surface area contributed by atoms with Crippen LogP contribution in [-0.2, 0) is 9.59 Å². The molecule has 0 aromatic rings. The SMILES string of the molecule is CCC1CCC(C(=O)NCCCCC(=O)O)CC1. The van der Waals surface area contributed by atoms with Crippen molar-refractivity contribution in [3.63, 3.8) is 0 Å². The zero-order chi connectivity index (χ0) is 13.4. The number of nitrogens with one attached hydrogen (secondary N) is 1. The van der Waals surface area contributed by atoms with Gasteiger partial charge in [0.1, 0.15) is 0 Å². The number of unbranched alkanes of at least 4 members (excludes halogenated alkanes) is 1. The van der Waals surface area contributed by atoms with E-state index in [2.05, 4.69) is 12.2 Å². The molecule has 1 aliphatic rings. The number of amides is 1. The average Bonchev–Trinajstić information content (AvgIpc) is 2.38. The highest BCUT2D eigenvalue weighted by Crippen LogP contribution is 2.30. The van der Waals surface area contributed by atoms with Crippen molar-refractivity contribution in [2.24, 2.45) is 11.8 Å². The van der Waals surface area contributed by atoms with Gasteiger partial charge in [-0.3, -0.25) is 9.59 Å². The molecule has 0 bridgehead atoms. The van der Waals surface area contributed by atoms with Gasteiger partial charge in [0.2, 0.25) is 5.91 Å². The lowest BCUT2D eigenvalue weighted by atomic mass is 9.80. The molecular formula is C14H25NO3. The van der Waals surface area contributed by atoms with Crippen molar-refractivity contribution in [2.45, 2.75) is 58.3 Å². The van der Waals surface area contributed by atoms with Crippen molar-refractivity contribution in [3.8, 4) is 0 Å². The highest BCUT2D eigenvalue weighted by molar-refractivity contribution is 5.78. The van der Waals surface area contributed by atoms with E-state index in [0.717, 1.165) is 25.2 Å². The summed E-state index contributed by atoms with van der Waals surface area (Å²) in [7, 11) is 0. The Labute approximate surface area is 109 Å². The maximum atomic E-state index is 11.9. The first-order valence-electron chi connectivity index (χ1n) is 7.13. The van der Waals surface area contributed by atoms with E-state index in [1.165, 1.54) is 19.3 Å². The smallest absolute Gasteiger partial charge is 0.303 e. The molecule has 1 amide bonds. The van der Waals surface area contributed by atoms with E-state index in [-0.39, 0.29) is 18.2 Å². The van der Waals surface area contributed by atoms with Crippen LogP contribution in [0.5, 0.6) is 0 Å². The lowest BCUT2D eigenvalue weighted by Crippen LogP contribution is -2.33. The average molecular weight is 255 g/mol. The van der Waals surface area contributed by atoms with Gasteiger partial charge >= 0.3 is 5.97 Å². The predicted octanol–water partition coefficient (Wildman–Crippen LogP) is 2.57. The van der Waals surface area contributed by atoms with Crippen molar-refractivity contribution < 1.29 is 14.7 Å². The van der Waals surface area contributed by atoms with Gasteiger partial charge in [0.05, 0.1) is 0 Å².